The molecule has 0 radical (unpaired) electrons. The fourth-order valence-electron chi connectivity index (χ4n) is 9.95. The van der Waals surface area contributed by atoms with Gasteiger partial charge in [-0.1, -0.05) is 194 Å². The van der Waals surface area contributed by atoms with Gasteiger partial charge < -0.3 is 4.42 Å². The quantitative estimate of drug-likeness (QED) is 0.160. The summed E-state index contributed by atoms with van der Waals surface area (Å²) >= 11 is 0. The Morgan fingerprint density at radius 1 is 0.293 bits per heavy atom. The van der Waals surface area contributed by atoms with Crippen LogP contribution in [0.1, 0.15) is 22.3 Å². The Labute approximate surface area is 337 Å². The molecule has 1 aliphatic rings. The molecule has 0 spiro atoms. The fraction of sp³-hybridized carbons (Fsp3) is 0.0175. The Bertz CT molecular complexity index is 3330. The van der Waals surface area contributed by atoms with E-state index in [1.165, 1.54) is 77.2 Å². The van der Waals surface area contributed by atoms with E-state index in [2.05, 4.69) is 206 Å². The lowest BCUT2D eigenvalue weighted by Crippen LogP contribution is -2.28. The predicted molar refractivity (Wildman–Crippen MR) is 242 cm³/mol. The number of furan rings is 1. The van der Waals surface area contributed by atoms with Crippen molar-refractivity contribution in [3.05, 3.63) is 241 Å². The molecule has 0 atom stereocenters. The predicted octanol–water partition coefficient (Wildman–Crippen LogP) is 15.3. The van der Waals surface area contributed by atoms with Gasteiger partial charge in [0, 0.05) is 16.3 Å². The normalized spacial score (nSPS) is 13.0. The monoisotopic (exact) mass is 736 g/mol. The Hall–Kier alpha value is -7.48. The van der Waals surface area contributed by atoms with E-state index in [-0.39, 0.29) is 0 Å². The molecular weight excluding hydrogens is 701 g/mol. The summed E-state index contributed by atoms with van der Waals surface area (Å²) in [7, 11) is 0. The SMILES string of the molecule is c1ccc(C2(c3ccccc3)c3ccccc3-c3ccc(-c4ccc5cc(-c6ccc(-c7cccc8c7oc7ccccc78)cc6)c6ccccc6c5c4)cc32)cc1. The highest BCUT2D eigenvalue weighted by atomic mass is 16.3. The summed E-state index contributed by atoms with van der Waals surface area (Å²) in [4.78, 5) is 0. The highest BCUT2D eigenvalue weighted by molar-refractivity contribution is 6.15. The summed E-state index contributed by atoms with van der Waals surface area (Å²) in [6.45, 7) is 0. The van der Waals surface area contributed by atoms with E-state index < -0.39 is 5.41 Å². The van der Waals surface area contributed by atoms with E-state index in [0.717, 1.165) is 33.1 Å². The molecule has 0 saturated heterocycles. The molecule has 0 fully saturated rings. The second kappa shape index (κ2) is 12.8. The van der Waals surface area contributed by atoms with Gasteiger partial charge in [0.1, 0.15) is 11.2 Å². The number of hydrogen-bond acceptors (Lipinski definition) is 1. The van der Waals surface area contributed by atoms with Gasteiger partial charge in [-0.2, -0.15) is 0 Å². The highest BCUT2D eigenvalue weighted by Crippen LogP contribution is 2.56. The van der Waals surface area contributed by atoms with Crippen LogP contribution in [0.2, 0.25) is 0 Å². The van der Waals surface area contributed by atoms with E-state index in [1.54, 1.807) is 0 Å². The van der Waals surface area contributed by atoms with Crippen LogP contribution in [0.15, 0.2) is 223 Å². The maximum atomic E-state index is 6.39. The Morgan fingerprint density at radius 3 is 1.62 bits per heavy atom. The molecule has 0 bridgehead atoms. The average molecular weight is 737 g/mol. The zero-order chi connectivity index (χ0) is 38.2. The van der Waals surface area contributed by atoms with Crippen molar-refractivity contribution in [1.82, 2.24) is 0 Å². The van der Waals surface area contributed by atoms with Crippen LogP contribution in [0, 0.1) is 0 Å². The van der Waals surface area contributed by atoms with Crippen molar-refractivity contribution in [3.63, 3.8) is 0 Å². The van der Waals surface area contributed by atoms with Gasteiger partial charge in [0.05, 0.1) is 5.41 Å². The van der Waals surface area contributed by atoms with Crippen LogP contribution < -0.4 is 0 Å². The van der Waals surface area contributed by atoms with Crippen molar-refractivity contribution >= 4 is 43.5 Å². The lowest BCUT2D eigenvalue weighted by Gasteiger charge is -2.34. The summed E-state index contributed by atoms with van der Waals surface area (Å²) in [6.07, 6.45) is 0. The molecule has 0 saturated carbocycles. The molecule has 58 heavy (non-hydrogen) atoms. The lowest BCUT2D eigenvalue weighted by molar-refractivity contribution is 0.670. The molecule has 11 aromatic rings. The Kier molecular flexibility index (Phi) is 7.21. The molecule has 12 rings (SSSR count). The number of rotatable bonds is 5. The minimum Gasteiger partial charge on any atom is -0.455 e. The second-order valence-electron chi connectivity index (χ2n) is 15.6. The minimum absolute atomic E-state index is 0.434. The summed E-state index contributed by atoms with van der Waals surface area (Å²) < 4.78 is 6.39. The van der Waals surface area contributed by atoms with Crippen molar-refractivity contribution in [1.29, 1.82) is 0 Å². The van der Waals surface area contributed by atoms with Gasteiger partial charge in [0.25, 0.3) is 0 Å². The van der Waals surface area contributed by atoms with E-state index in [4.69, 9.17) is 4.42 Å². The van der Waals surface area contributed by atoms with Crippen molar-refractivity contribution < 1.29 is 4.42 Å². The second-order valence-corrected chi connectivity index (χ2v) is 15.6. The first kappa shape index (κ1) is 32.7. The molecule has 10 aromatic carbocycles. The molecule has 1 heterocycles. The van der Waals surface area contributed by atoms with Gasteiger partial charge in [-0.3, -0.25) is 0 Å². The van der Waals surface area contributed by atoms with Crippen LogP contribution >= 0.6 is 0 Å². The van der Waals surface area contributed by atoms with Crippen molar-refractivity contribution in [3.8, 4) is 44.5 Å². The third kappa shape index (κ3) is 4.77. The van der Waals surface area contributed by atoms with Crippen molar-refractivity contribution in [2.45, 2.75) is 5.41 Å². The molecule has 0 amide bonds. The largest absolute Gasteiger partial charge is 0.455 e. The molecule has 1 aliphatic carbocycles. The zero-order valence-corrected chi connectivity index (χ0v) is 31.7. The molecule has 1 heteroatoms. The van der Waals surface area contributed by atoms with E-state index >= 15 is 0 Å². The van der Waals surface area contributed by atoms with Crippen LogP contribution in [-0.2, 0) is 5.41 Å². The number of hydrogen-bond donors (Lipinski definition) is 0. The molecule has 1 nitrogen and oxygen atoms in total. The zero-order valence-electron chi connectivity index (χ0n) is 31.7. The molecule has 0 aliphatic heterocycles. The summed E-state index contributed by atoms with van der Waals surface area (Å²) in [5.41, 5.74) is 16.3. The smallest absolute Gasteiger partial charge is 0.143 e. The number of fused-ring (bicyclic) bond motifs is 9. The molecule has 0 N–H and O–H groups in total. The average Bonchev–Trinajstić information content (AvgIpc) is 3.83. The van der Waals surface area contributed by atoms with E-state index in [0.29, 0.717) is 0 Å². The van der Waals surface area contributed by atoms with Crippen LogP contribution in [0.5, 0.6) is 0 Å². The number of para-hydroxylation sites is 2. The van der Waals surface area contributed by atoms with Crippen molar-refractivity contribution in [2.24, 2.45) is 0 Å². The van der Waals surface area contributed by atoms with Gasteiger partial charge in [0.15, 0.2) is 0 Å². The first-order chi connectivity index (χ1) is 28.8. The number of benzene rings is 10. The van der Waals surface area contributed by atoms with Crippen LogP contribution in [0.25, 0.3) is 88.0 Å². The molecule has 1 aromatic heterocycles. The molecule has 270 valence electrons. The van der Waals surface area contributed by atoms with Crippen LogP contribution in [0.4, 0.5) is 0 Å². The standard InChI is InChI=1S/C57H36O/c1-3-14-42(15-4-1)57(43-16-5-2-6-17-43)53-24-11-9-20-47(53)48-33-32-40(36-54(48)57)39-30-31-41-35-51(45-18-7-8-19-46(45)52(41)34-39)38-28-26-37(27-29-38)44-22-13-23-50-49-21-10-12-25-55(49)58-56(44)50/h1-36H. The Morgan fingerprint density at radius 2 is 0.845 bits per heavy atom. The van der Waals surface area contributed by atoms with Gasteiger partial charge in [-0.05, 0) is 107 Å². The first-order valence-electron chi connectivity index (χ1n) is 20.1. The lowest BCUT2D eigenvalue weighted by atomic mass is 9.67. The summed E-state index contributed by atoms with van der Waals surface area (Å²) in [6, 6.07) is 80.1. The van der Waals surface area contributed by atoms with Gasteiger partial charge >= 0.3 is 0 Å². The van der Waals surface area contributed by atoms with Gasteiger partial charge in [-0.25, -0.2) is 0 Å². The molecular formula is C57H36O. The minimum atomic E-state index is -0.434. The highest BCUT2D eigenvalue weighted by Gasteiger charge is 2.46. The van der Waals surface area contributed by atoms with Gasteiger partial charge in [0.2, 0.25) is 0 Å². The fourth-order valence-corrected chi connectivity index (χ4v) is 9.95. The van der Waals surface area contributed by atoms with Gasteiger partial charge in [-0.15, -0.1) is 0 Å². The van der Waals surface area contributed by atoms with Crippen LogP contribution in [0.3, 0.4) is 0 Å². The third-order valence-electron chi connectivity index (χ3n) is 12.6. The van der Waals surface area contributed by atoms with Crippen LogP contribution in [-0.4, -0.2) is 0 Å². The maximum Gasteiger partial charge on any atom is 0.143 e. The van der Waals surface area contributed by atoms with E-state index in [1.807, 2.05) is 12.1 Å². The third-order valence-corrected chi connectivity index (χ3v) is 12.6. The van der Waals surface area contributed by atoms with Crippen molar-refractivity contribution in [2.75, 3.05) is 0 Å². The topological polar surface area (TPSA) is 13.1 Å². The maximum absolute atomic E-state index is 6.39. The summed E-state index contributed by atoms with van der Waals surface area (Å²) in [5.74, 6) is 0. The Balaban J connectivity index is 0.983. The van der Waals surface area contributed by atoms with E-state index in [9.17, 15) is 0 Å². The molecule has 0 unspecified atom stereocenters. The first-order valence-corrected chi connectivity index (χ1v) is 20.1. The summed E-state index contributed by atoms with van der Waals surface area (Å²) in [5, 5.41) is 7.28.